The molecule has 0 saturated carbocycles. The van der Waals surface area contributed by atoms with Gasteiger partial charge in [-0.25, -0.2) is 0 Å². The molecule has 0 rings (SSSR count). The summed E-state index contributed by atoms with van der Waals surface area (Å²) in [4.78, 5) is 0. The van der Waals surface area contributed by atoms with Gasteiger partial charge in [0.25, 0.3) is 0 Å². The Morgan fingerprint density at radius 2 is 0.800 bits per heavy atom. The Morgan fingerprint density at radius 1 is 0.800 bits per heavy atom. The monoisotopic (exact) mass is 304 g/mol. The number of halogens is 6. The van der Waals surface area contributed by atoms with Gasteiger partial charge in [0.05, 0.1) is 0 Å². The van der Waals surface area contributed by atoms with Gasteiger partial charge in [-0.05, 0) is 0 Å². The molecule has 0 amide bonds. The maximum absolute atomic E-state index is 4.64. The SMILES string of the molecule is Cl[CH-]Cl.O.[CH3-].[Cl-].[Cl-].[Cl-].[Cl-].[Ti+4]. The molecule has 1 nitrogen and oxygen atoms in total. The van der Waals surface area contributed by atoms with Gasteiger partial charge >= 0.3 is 21.7 Å². The van der Waals surface area contributed by atoms with E-state index in [2.05, 4.69) is 23.2 Å². The van der Waals surface area contributed by atoms with E-state index in [0.29, 0.717) is 0 Å². The summed E-state index contributed by atoms with van der Waals surface area (Å²) in [5.74, 6) is 0. The van der Waals surface area contributed by atoms with Crippen LogP contribution in [0, 0.1) is 12.8 Å². The third-order valence-electron chi connectivity index (χ3n) is 0. The van der Waals surface area contributed by atoms with Gasteiger partial charge in [0.15, 0.2) is 0 Å². The second-order valence-corrected chi connectivity index (χ2v) is 0.742. The van der Waals surface area contributed by atoms with Crippen LogP contribution in [0.25, 0.3) is 0 Å². The smallest absolute Gasteiger partial charge is 1.00 e. The molecule has 0 radical (unpaired) electrons. The molecule has 0 aliphatic carbocycles. The van der Waals surface area contributed by atoms with Crippen molar-refractivity contribution in [2.75, 3.05) is 0 Å². The van der Waals surface area contributed by atoms with Crippen LogP contribution in [0.2, 0.25) is 0 Å². The van der Waals surface area contributed by atoms with Crippen LogP contribution < -0.4 is 49.6 Å². The first-order valence-electron chi connectivity index (χ1n) is 0.436. The third kappa shape index (κ3) is 158. The van der Waals surface area contributed by atoms with E-state index >= 15 is 0 Å². The summed E-state index contributed by atoms with van der Waals surface area (Å²) in [7, 11) is 0. The zero-order valence-corrected chi connectivity index (χ0v) is 10.9. The average Bonchev–Trinajstić information content (AvgIpc) is 0.918. The quantitative estimate of drug-likeness (QED) is 0.314. The zero-order chi connectivity index (χ0) is 2.71. The number of hydrogen-bond acceptors (Lipinski definition) is 0. The van der Waals surface area contributed by atoms with E-state index in [1.807, 2.05) is 0 Å². The molecule has 2 N–H and O–H groups in total. The summed E-state index contributed by atoms with van der Waals surface area (Å²) in [6.07, 6.45) is 0. The molecular formula is C2H6Cl6OTi-2. The molecule has 0 unspecified atom stereocenters. The summed E-state index contributed by atoms with van der Waals surface area (Å²) in [6, 6.07) is 0. The molecule has 68 valence electrons. The predicted molar refractivity (Wildman–Crippen MR) is 26.0 cm³/mol. The van der Waals surface area contributed by atoms with Crippen LogP contribution >= 0.6 is 23.2 Å². The summed E-state index contributed by atoms with van der Waals surface area (Å²) < 4.78 is 0. The Bertz CT molecular complexity index is 15.7. The van der Waals surface area contributed by atoms with E-state index < -0.39 is 0 Å². The van der Waals surface area contributed by atoms with Crippen molar-refractivity contribution < 1.29 is 76.8 Å². The van der Waals surface area contributed by atoms with E-state index in [0.717, 1.165) is 5.34 Å². The molecular weight excluding hydrogens is 301 g/mol. The second-order valence-electron chi connectivity index (χ2n) is 0.0825. The van der Waals surface area contributed by atoms with E-state index in [4.69, 9.17) is 0 Å². The van der Waals surface area contributed by atoms with Crippen LogP contribution in [0.1, 0.15) is 0 Å². The first-order valence-corrected chi connectivity index (χ1v) is 1.31. The first-order chi connectivity index (χ1) is 1.41. The molecule has 0 saturated heterocycles. The van der Waals surface area contributed by atoms with Gasteiger partial charge in [-0.1, -0.05) is 0 Å². The molecule has 0 bridgehead atoms. The Kier molecular flexibility index (Phi) is 881. The van der Waals surface area contributed by atoms with Crippen LogP contribution in [0.3, 0.4) is 0 Å². The topological polar surface area (TPSA) is 31.5 Å². The Morgan fingerprint density at radius 3 is 0.800 bits per heavy atom. The Hall–Kier alpha value is 2.41. The molecule has 0 aromatic rings. The van der Waals surface area contributed by atoms with Gasteiger partial charge < -0.3 is 85.7 Å². The fourth-order valence-corrected chi connectivity index (χ4v) is 0. The van der Waals surface area contributed by atoms with E-state index in [1.165, 1.54) is 0 Å². The Balaban J connectivity index is -0.000000000952. The minimum absolute atomic E-state index is 0. The molecule has 8 heteroatoms. The van der Waals surface area contributed by atoms with Gasteiger partial charge in [-0.2, -0.15) is 5.34 Å². The predicted octanol–water partition coefficient (Wildman–Crippen LogP) is -10.8. The average molecular weight is 307 g/mol. The van der Waals surface area contributed by atoms with E-state index in [-0.39, 0.29) is 84.2 Å². The maximum Gasteiger partial charge on any atom is 4.00 e. The third-order valence-corrected chi connectivity index (χ3v) is 0. The molecule has 0 aromatic carbocycles. The summed E-state index contributed by atoms with van der Waals surface area (Å²) in [5, 5.41) is 0.944. The standard InChI is InChI=1S/CHCl2.CH3.4ClH.H2O.Ti/c2-1-3;;;;;;;/h1H;1H3;4*1H;1H2;/q2*-1;;;;;;+4/p-4. The van der Waals surface area contributed by atoms with Crippen LogP contribution in [-0.4, -0.2) is 5.48 Å². The Labute approximate surface area is 112 Å². The van der Waals surface area contributed by atoms with Crippen molar-refractivity contribution in [3.8, 4) is 0 Å². The van der Waals surface area contributed by atoms with Crippen molar-refractivity contribution in [1.82, 2.24) is 0 Å². The van der Waals surface area contributed by atoms with Crippen molar-refractivity contribution in [1.29, 1.82) is 0 Å². The van der Waals surface area contributed by atoms with Gasteiger partial charge in [-0.3, -0.25) is 0 Å². The van der Waals surface area contributed by atoms with Crippen molar-refractivity contribution in [3.63, 3.8) is 0 Å². The number of hydrogen-bond donors (Lipinski definition) is 0. The summed E-state index contributed by atoms with van der Waals surface area (Å²) in [5.41, 5.74) is 0. The molecule has 0 atom stereocenters. The van der Waals surface area contributed by atoms with Crippen LogP contribution in [0.15, 0.2) is 0 Å². The normalized spacial score (nSPS) is 1.80. The van der Waals surface area contributed by atoms with Gasteiger partial charge in [0.2, 0.25) is 0 Å². The second kappa shape index (κ2) is 106. The molecule has 0 aliphatic heterocycles. The summed E-state index contributed by atoms with van der Waals surface area (Å²) in [6.45, 7) is 0. The molecule has 0 aromatic heterocycles. The van der Waals surface area contributed by atoms with Gasteiger partial charge in [-0.15, -0.1) is 0 Å². The molecule has 10 heavy (non-hydrogen) atoms. The van der Waals surface area contributed by atoms with Crippen LogP contribution in [0.5, 0.6) is 0 Å². The molecule has 0 aliphatic rings. The van der Waals surface area contributed by atoms with Crippen LogP contribution in [0.4, 0.5) is 0 Å². The van der Waals surface area contributed by atoms with Crippen molar-refractivity contribution in [2.45, 2.75) is 0 Å². The molecule has 0 spiro atoms. The van der Waals surface area contributed by atoms with Crippen molar-refractivity contribution in [2.24, 2.45) is 0 Å². The number of rotatable bonds is 0. The minimum Gasteiger partial charge on any atom is -1.00 e. The first kappa shape index (κ1) is 83.0. The van der Waals surface area contributed by atoms with Crippen molar-refractivity contribution in [3.05, 3.63) is 12.8 Å². The summed E-state index contributed by atoms with van der Waals surface area (Å²) >= 11 is 9.28. The zero-order valence-electron chi connectivity index (χ0n) is 4.85. The van der Waals surface area contributed by atoms with Gasteiger partial charge in [0, 0.05) is 0 Å². The molecule has 0 fully saturated rings. The largest absolute Gasteiger partial charge is 4.00 e. The van der Waals surface area contributed by atoms with E-state index in [9.17, 15) is 0 Å². The fraction of sp³-hybridized carbons (Fsp3) is 0. The maximum atomic E-state index is 4.64. The molecule has 0 heterocycles. The van der Waals surface area contributed by atoms with Gasteiger partial charge in [0.1, 0.15) is 0 Å². The van der Waals surface area contributed by atoms with Crippen LogP contribution in [-0.2, 0) is 21.7 Å². The fourth-order valence-electron chi connectivity index (χ4n) is 0. The van der Waals surface area contributed by atoms with E-state index in [1.54, 1.807) is 0 Å². The minimum atomic E-state index is 0. The van der Waals surface area contributed by atoms with Crippen molar-refractivity contribution >= 4 is 23.2 Å².